The number of benzene rings is 2. The largest absolute Gasteiger partial charge is 0.493 e. The second-order valence-corrected chi connectivity index (χ2v) is 8.41. The molecule has 0 spiro atoms. The molecule has 0 saturated heterocycles. The van der Waals surface area contributed by atoms with Gasteiger partial charge in [0.1, 0.15) is 11.6 Å². The maximum absolute atomic E-state index is 13.3. The number of hydrogen-bond donors (Lipinski definition) is 1. The molecule has 0 aliphatic heterocycles. The number of hydrogen-bond acceptors (Lipinski definition) is 7. The van der Waals surface area contributed by atoms with Crippen molar-refractivity contribution in [3.63, 3.8) is 0 Å². The molecule has 2 heterocycles. The van der Waals surface area contributed by atoms with Gasteiger partial charge in [-0.2, -0.15) is 5.10 Å². The molecule has 11 heteroatoms. The molecule has 2 aromatic carbocycles. The van der Waals surface area contributed by atoms with E-state index >= 15 is 0 Å². The number of thioether (sulfide) groups is 1. The summed E-state index contributed by atoms with van der Waals surface area (Å²) in [6.07, 6.45) is 1.53. The highest BCUT2D eigenvalue weighted by atomic mass is 32.2. The minimum absolute atomic E-state index is 0.0518. The zero-order valence-corrected chi connectivity index (χ0v) is 17.7. The average molecular weight is 460 g/mol. The summed E-state index contributed by atoms with van der Waals surface area (Å²) in [7, 11) is 1.43. The summed E-state index contributed by atoms with van der Waals surface area (Å²) in [5, 5.41) is 15.2. The predicted molar refractivity (Wildman–Crippen MR) is 114 cm³/mol. The van der Waals surface area contributed by atoms with Gasteiger partial charge >= 0.3 is 0 Å². The summed E-state index contributed by atoms with van der Waals surface area (Å²) >= 11 is 2.58. The Morgan fingerprint density at radius 1 is 1.16 bits per heavy atom. The third-order valence-electron chi connectivity index (χ3n) is 4.09. The third-order valence-corrected chi connectivity index (χ3v) is 6.13. The summed E-state index contributed by atoms with van der Waals surface area (Å²) in [6.45, 7) is 0. The molecule has 0 atom stereocenters. The normalized spacial score (nSPS) is 10.8. The highest BCUT2D eigenvalue weighted by Crippen LogP contribution is 2.29. The molecule has 1 N–H and O–H groups in total. The first-order valence-electron chi connectivity index (χ1n) is 8.93. The lowest BCUT2D eigenvalue weighted by atomic mass is 10.2. The highest BCUT2D eigenvalue weighted by molar-refractivity contribution is 8.00. The van der Waals surface area contributed by atoms with Gasteiger partial charge in [-0.05, 0) is 42.0 Å². The van der Waals surface area contributed by atoms with Crippen LogP contribution in [-0.4, -0.2) is 33.0 Å². The lowest BCUT2D eigenvalue weighted by molar-refractivity contribution is 0.101. The summed E-state index contributed by atoms with van der Waals surface area (Å²) in [5.41, 5.74) is 1.45. The summed E-state index contributed by atoms with van der Waals surface area (Å²) < 4.78 is 33.7. The summed E-state index contributed by atoms with van der Waals surface area (Å²) in [5.74, 6) is -0.404. The molecule has 4 rings (SSSR count). The van der Waals surface area contributed by atoms with Crippen LogP contribution in [0.3, 0.4) is 0 Å². The van der Waals surface area contributed by atoms with E-state index < -0.39 is 5.91 Å². The molecule has 0 fully saturated rings. The van der Waals surface area contributed by atoms with E-state index in [1.165, 1.54) is 77.5 Å². The molecule has 2 aromatic heterocycles. The Labute approximate surface area is 184 Å². The second-order valence-electron chi connectivity index (χ2n) is 6.21. The number of nitrogens with zero attached hydrogens (tertiary/aromatic N) is 4. The van der Waals surface area contributed by atoms with Crippen molar-refractivity contribution in [1.82, 2.24) is 20.0 Å². The molecule has 4 aromatic rings. The summed E-state index contributed by atoms with van der Waals surface area (Å²) in [6, 6.07) is 12.0. The minimum Gasteiger partial charge on any atom is -0.493 e. The van der Waals surface area contributed by atoms with Crippen LogP contribution in [0.2, 0.25) is 0 Å². The molecule has 0 radical (unpaired) electrons. The Morgan fingerprint density at radius 3 is 2.71 bits per heavy atom. The van der Waals surface area contributed by atoms with E-state index in [1.54, 1.807) is 6.07 Å². The van der Waals surface area contributed by atoms with Crippen molar-refractivity contribution < 1.29 is 18.3 Å². The number of rotatable bonds is 7. The van der Waals surface area contributed by atoms with Gasteiger partial charge in [0.05, 0.1) is 19.0 Å². The Morgan fingerprint density at radius 2 is 1.97 bits per heavy atom. The van der Waals surface area contributed by atoms with E-state index in [0.29, 0.717) is 20.9 Å². The molecule has 158 valence electrons. The van der Waals surface area contributed by atoms with Crippen LogP contribution in [0.25, 0.3) is 5.69 Å². The monoisotopic (exact) mass is 459 g/mol. The van der Waals surface area contributed by atoms with Crippen molar-refractivity contribution in [2.24, 2.45) is 0 Å². The fraction of sp³-hybridized carbons (Fsp3) is 0.100. The van der Waals surface area contributed by atoms with Crippen LogP contribution in [0.15, 0.2) is 59.1 Å². The number of amides is 1. The Hall–Kier alpha value is -3.31. The van der Waals surface area contributed by atoms with Crippen molar-refractivity contribution in [2.75, 3.05) is 12.4 Å². The number of carbonyl (C=O) groups is 1. The number of aromatic nitrogens is 4. The van der Waals surface area contributed by atoms with E-state index in [1.807, 2.05) is 6.07 Å². The van der Waals surface area contributed by atoms with Gasteiger partial charge in [0.25, 0.3) is 5.91 Å². The molecule has 31 heavy (non-hydrogen) atoms. The maximum Gasteiger partial charge on any atom is 0.281 e. The minimum atomic E-state index is -0.518. The first-order chi connectivity index (χ1) is 15.0. The molecule has 0 unspecified atom stereocenters. The van der Waals surface area contributed by atoms with E-state index in [9.17, 15) is 13.6 Å². The molecule has 0 aliphatic rings. The van der Waals surface area contributed by atoms with Gasteiger partial charge in [-0.1, -0.05) is 35.2 Å². The van der Waals surface area contributed by atoms with Gasteiger partial charge in [0, 0.05) is 5.75 Å². The van der Waals surface area contributed by atoms with E-state index in [2.05, 4.69) is 20.6 Å². The topological polar surface area (TPSA) is 81.9 Å². The quantitative estimate of drug-likeness (QED) is 0.322. The van der Waals surface area contributed by atoms with Crippen LogP contribution < -0.4 is 10.1 Å². The standard InChI is InChI=1S/C20H15F2N5O2S2/c1-29-16-10-27(15-7-5-13(21)6-8-15)26-17(16)18(28)23-19-24-25-20(31-19)30-11-12-3-2-4-14(22)9-12/h2-10H,11H2,1H3,(H,23,24,28). The smallest absolute Gasteiger partial charge is 0.281 e. The number of methoxy groups -OCH3 is 1. The molecule has 0 aliphatic carbocycles. The average Bonchev–Trinajstić information content (AvgIpc) is 3.40. The Balaban J connectivity index is 1.44. The third kappa shape index (κ3) is 5.06. The van der Waals surface area contributed by atoms with Crippen LogP contribution in [0.5, 0.6) is 5.75 Å². The number of halogens is 2. The molecular weight excluding hydrogens is 444 g/mol. The fourth-order valence-corrected chi connectivity index (χ4v) is 4.33. The van der Waals surface area contributed by atoms with Crippen LogP contribution in [0.1, 0.15) is 16.1 Å². The predicted octanol–water partition coefficient (Wildman–Crippen LogP) is 4.56. The maximum atomic E-state index is 13.3. The number of ether oxygens (including phenoxy) is 1. The molecule has 0 bridgehead atoms. The lowest BCUT2D eigenvalue weighted by Gasteiger charge is -2.00. The van der Waals surface area contributed by atoms with Crippen molar-refractivity contribution >= 4 is 34.1 Å². The van der Waals surface area contributed by atoms with Gasteiger partial charge in [0.2, 0.25) is 5.13 Å². The first-order valence-corrected chi connectivity index (χ1v) is 10.7. The number of anilines is 1. The summed E-state index contributed by atoms with van der Waals surface area (Å²) in [4.78, 5) is 12.7. The Kier molecular flexibility index (Phi) is 6.23. The number of nitrogens with one attached hydrogen (secondary N) is 1. The molecule has 1 amide bonds. The van der Waals surface area contributed by atoms with Gasteiger partial charge in [0.15, 0.2) is 15.8 Å². The van der Waals surface area contributed by atoms with Gasteiger partial charge in [-0.25, -0.2) is 13.5 Å². The van der Waals surface area contributed by atoms with Gasteiger partial charge < -0.3 is 4.74 Å². The van der Waals surface area contributed by atoms with Gasteiger partial charge in [-0.3, -0.25) is 10.1 Å². The number of carbonyl (C=O) groups excluding carboxylic acids is 1. The molecule has 0 saturated carbocycles. The first kappa shape index (κ1) is 20.9. The zero-order chi connectivity index (χ0) is 21.8. The SMILES string of the molecule is COc1cn(-c2ccc(F)cc2)nc1C(=O)Nc1nnc(SCc2cccc(F)c2)s1. The van der Waals surface area contributed by atoms with Crippen molar-refractivity contribution in [1.29, 1.82) is 0 Å². The van der Waals surface area contributed by atoms with Crippen molar-refractivity contribution in [3.8, 4) is 11.4 Å². The van der Waals surface area contributed by atoms with Crippen molar-refractivity contribution in [3.05, 3.63) is 77.6 Å². The van der Waals surface area contributed by atoms with Gasteiger partial charge in [-0.15, -0.1) is 10.2 Å². The second kappa shape index (κ2) is 9.23. The highest BCUT2D eigenvalue weighted by Gasteiger charge is 2.20. The van der Waals surface area contributed by atoms with E-state index in [-0.39, 0.29) is 23.1 Å². The molecular formula is C20H15F2N5O2S2. The van der Waals surface area contributed by atoms with Crippen LogP contribution in [-0.2, 0) is 5.75 Å². The van der Waals surface area contributed by atoms with E-state index in [4.69, 9.17) is 4.74 Å². The van der Waals surface area contributed by atoms with Crippen molar-refractivity contribution in [2.45, 2.75) is 10.1 Å². The molecule has 7 nitrogen and oxygen atoms in total. The van der Waals surface area contributed by atoms with Crippen LogP contribution in [0.4, 0.5) is 13.9 Å². The fourth-order valence-electron chi connectivity index (χ4n) is 2.64. The Bertz CT molecular complexity index is 1210. The van der Waals surface area contributed by atoms with Crippen LogP contribution in [0, 0.1) is 11.6 Å². The lowest BCUT2D eigenvalue weighted by Crippen LogP contribution is -2.14. The van der Waals surface area contributed by atoms with Crippen LogP contribution >= 0.6 is 23.1 Å². The van der Waals surface area contributed by atoms with E-state index in [0.717, 1.165) is 5.56 Å². The zero-order valence-electron chi connectivity index (χ0n) is 16.1.